The molecule has 1 N–H and O–H groups in total. The highest BCUT2D eigenvalue weighted by Crippen LogP contribution is 2.32. The maximum atomic E-state index is 12.8. The van der Waals surface area contributed by atoms with E-state index in [1.807, 2.05) is 13.8 Å². The van der Waals surface area contributed by atoms with E-state index in [1.165, 1.54) is 42.1 Å². The molecule has 0 aliphatic carbocycles. The van der Waals surface area contributed by atoms with Crippen LogP contribution in [0.4, 0.5) is 18.9 Å². The second kappa shape index (κ2) is 8.64. The van der Waals surface area contributed by atoms with Crippen molar-refractivity contribution in [2.24, 2.45) is 0 Å². The number of amides is 1. The van der Waals surface area contributed by atoms with Gasteiger partial charge in [0.2, 0.25) is 0 Å². The summed E-state index contributed by atoms with van der Waals surface area (Å²) in [5, 5.41) is 13.4. The van der Waals surface area contributed by atoms with E-state index >= 15 is 0 Å². The number of carbonyl (C=O) groups is 1. The summed E-state index contributed by atoms with van der Waals surface area (Å²) in [5.74, 6) is -0.00715. The Morgan fingerprint density at radius 1 is 1.14 bits per heavy atom. The number of nitrogens with one attached hydrogen (secondary N) is 1. The molecule has 9 heteroatoms. The molecule has 0 heterocycles. The summed E-state index contributed by atoms with van der Waals surface area (Å²) in [4.78, 5) is 22.3. The summed E-state index contributed by atoms with van der Waals surface area (Å²) < 4.78 is 37.9. The van der Waals surface area contributed by atoms with Gasteiger partial charge in [0.15, 0.2) is 0 Å². The second-order valence-corrected chi connectivity index (χ2v) is 8.42. The van der Waals surface area contributed by atoms with Gasteiger partial charge in [-0.1, -0.05) is 18.2 Å². The molecule has 0 aliphatic heterocycles. The first-order chi connectivity index (χ1) is 13.0. The zero-order valence-corrected chi connectivity index (χ0v) is 16.1. The Balaban J connectivity index is 1.91. The predicted molar refractivity (Wildman–Crippen MR) is 102 cm³/mol. The monoisotopic (exact) mass is 412 g/mol. The number of rotatable bonds is 7. The quantitative estimate of drug-likeness (QED) is 0.510. The van der Waals surface area contributed by atoms with E-state index in [0.29, 0.717) is 16.9 Å². The van der Waals surface area contributed by atoms with Crippen LogP contribution < -0.4 is 5.32 Å². The molecule has 1 amide bonds. The molecule has 150 valence electrons. The molecule has 5 nitrogen and oxygen atoms in total. The molecule has 0 radical (unpaired) electrons. The van der Waals surface area contributed by atoms with Gasteiger partial charge in [-0.05, 0) is 37.6 Å². The minimum Gasteiger partial charge on any atom is -0.351 e. The van der Waals surface area contributed by atoms with E-state index in [2.05, 4.69) is 5.32 Å². The fourth-order valence-corrected chi connectivity index (χ4v) is 3.21. The summed E-state index contributed by atoms with van der Waals surface area (Å²) in [6.45, 7) is 4.04. The average Bonchev–Trinajstić information content (AvgIpc) is 2.64. The number of nitrogens with zero attached hydrogens (tertiary/aromatic N) is 1. The Labute approximate surface area is 164 Å². The van der Waals surface area contributed by atoms with Crippen LogP contribution in [0.1, 0.15) is 35.3 Å². The Morgan fingerprint density at radius 2 is 1.79 bits per heavy atom. The minimum atomic E-state index is -4.38. The van der Waals surface area contributed by atoms with Gasteiger partial charge in [0.05, 0.1) is 10.5 Å². The van der Waals surface area contributed by atoms with Crippen molar-refractivity contribution in [3.05, 3.63) is 75.3 Å². The zero-order valence-electron chi connectivity index (χ0n) is 15.2. The van der Waals surface area contributed by atoms with Crippen molar-refractivity contribution in [2.75, 3.05) is 6.54 Å². The lowest BCUT2D eigenvalue weighted by molar-refractivity contribution is -0.384. The molecule has 0 aromatic heterocycles. The number of thioether (sulfide) groups is 1. The average molecular weight is 412 g/mol. The summed E-state index contributed by atoms with van der Waals surface area (Å²) >= 11 is 1.42. The van der Waals surface area contributed by atoms with Crippen molar-refractivity contribution >= 4 is 23.4 Å². The van der Waals surface area contributed by atoms with Gasteiger partial charge in [-0.2, -0.15) is 13.2 Å². The van der Waals surface area contributed by atoms with Crippen molar-refractivity contribution < 1.29 is 22.9 Å². The zero-order chi connectivity index (χ0) is 20.9. The molecule has 2 aromatic carbocycles. The molecule has 0 spiro atoms. The van der Waals surface area contributed by atoms with Crippen molar-refractivity contribution in [1.82, 2.24) is 5.32 Å². The number of halogens is 3. The number of hydrogen-bond acceptors (Lipinski definition) is 4. The first kappa shape index (κ1) is 21.7. The molecule has 0 aliphatic rings. The molecule has 0 unspecified atom stereocenters. The molecule has 2 rings (SSSR count). The second-order valence-electron chi connectivity index (χ2n) is 6.73. The third kappa shape index (κ3) is 6.26. The fourth-order valence-electron chi connectivity index (χ4n) is 2.30. The van der Waals surface area contributed by atoms with Crippen LogP contribution in [0.25, 0.3) is 0 Å². The maximum absolute atomic E-state index is 12.8. The molecule has 0 saturated carbocycles. The lowest BCUT2D eigenvalue weighted by Gasteiger charge is -2.24. The molecular formula is C19H19F3N2O3S. The van der Waals surface area contributed by atoms with Crippen LogP contribution in [0.5, 0.6) is 0 Å². The lowest BCUT2D eigenvalue weighted by Crippen LogP contribution is -2.36. The minimum absolute atomic E-state index is 0.103. The summed E-state index contributed by atoms with van der Waals surface area (Å²) in [7, 11) is 0. The number of non-ortho nitro benzene ring substituents is 1. The molecule has 0 fully saturated rings. The fraction of sp³-hybridized carbons (Fsp3) is 0.316. The first-order valence-corrected chi connectivity index (χ1v) is 9.29. The number of nitro benzene ring substituents is 1. The molecule has 0 bridgehead atoms. The van der Waals surface area contributed by atoms with Crippen molar-refractivity contribution in [2.45, 2.75) is 30.5 Å². The Bertz CT molecular complexity index is 852. The van der Waals surface area contributed by atoms with Crippen LogP contribution in [0, 0.1) is 10.1 Å². The van der Waals surface area contributed by atoms with Gasteiger partial charge in [-0.3, -0.25) is 14.9 Å². The highest BCUT2D eigenvalue weighted by molar-refractivity contribution is 7.99. The van der Waals surface area contributed by atoms with Crippen molar-refractivity contribution in [1.29, 1.82) is 0 Å². The SMILES string of the molecule is CC(C)(CNC(=O)c1ccc([N+](=O)[O-])cc1)SCc1cccc(C(F)(F)F)c1. The van der Waals surface area contributed by atoms with Crippen molar-refractivity contribution in [3.63, 3.8) is 0 Å². The molecule has 28 heavy (non-hydrogen) atoms. The third-order valence-corrected chi connectivity index (χ3v) is 5.30. The summed E-state index contributed by atoms with van der Waals surface area (Å²) in [6.07, 6.45) is -4.38. The Hall–Kier alpha value is -2.55. The topological polar surface area (TPSA) is 72.2 Å². The van der Waals surface area contributed by atoms with E-state index in [1.54, 1.807) is 6.07 Å². The van der Waals surface area contributed by atoms with Crippen LogP contribution in [-0.2, 0) is 11.9 Å². The summed E-state index contributed by atoms with van der Waals surface area (Å²) in [6, 6.07) is 10.4. The smallest absolute Gasteiger partial charge is 0.351 e. The normalized spacial score (nSPS) is 11.9. The highest BCUT2D eigenvalue weighted by Gasteiger charge is 2.30. The summed E-state index contributed by atoms with van der Waals surface area (Å²) in [5.41, 5.74) is 0.0577. The molecular weight excluding hydrogens is 393 g/mol. The van der Waals surface area contributed by atoms with Gasteiger partial charge in [0.1, 0.15) is 0 Å². The van der Waals surface area contributed by atoms with Gasteiger partial charge in [-0.15, -0.1) is 11.8 Å². The van der Waals surface area contributed by atoms with Crippen LogP contribution >= 0.6 is 11.8 Å². The third-order valence-electron chi connectivity index (χ3n) is 3.90. The number of benzene rings is 2. The van der Waals surface area contributed by atoms with E-state index in [0.717, 1.165) is 12.1 Å². The molecule has 0 atom stereocenters. The predicted octanol–water partition coefficient (Wildman–Crippen LogP) is 5.06. The van der Waals surface area contributed by atoms with Crippen LogP contribution in [0.15, 0.2) is 48.5 Å². The molecule has 0 saturated heterocycles. The highest BCUT2D eigenvalue weighted by atomic mass is 32.2. The van der Waals surface area contributed by atoms with E-state index < -0.39 is 21.4 Å². The van der Waals surface area contributed by atoms with Gasteiger partial charge >= 0.3 is 6.18 Å². The Kier molecular flexibility index (Phi) is 6.71. The van der Waals surface area contributed by atoms with E-state index in [-0.39, 0.29) is 18.1 Å². The lowest BCUT2D eigenvalue weighted by atomic mass is 10.1. The first-order valence-electron chi connectivity index (χ1n) is 8.31. The maximum Gasteiger partial charge on any atom is 0.416 e. The largest absolute Gasteiger partial charge is 0.416 e. The molecule has 2 aromatic rings. The van der Waals surface area contributed by atoms with Gasteiger partial charge < -0.3 is 5.32 Å². The van der Waals surface area contributed by atoms with Gasteiger partial charge in [-0.25, -0.2) is 0 Å². The standard InChI is InChI=1S/C19H19F3N2O3S/c1-18(2,28-11-13-4-3-5-15(10-13)19(20,21)22)12-23-17(25)14-6-8-16(9-7-14)24(26)27/h3-10H,11-12H2,1-2H3,(H,23,25). The number of carbonyl (C=O) groups excluding carboxylic acids is 1. The van der Waals surface area contributed by atoms with Crippen molar-refractivity contribution in [3.8, 4) is 0 Å². The van der Waals surface area contributed by atoms with E-state index in [9.17, 15) is 28.1 Å². The Morgan fingerprint density at radius 3 is 2.36 bits per heavy atom. The van der Waals surface area contributed by atoms with Gasteiger partial charge in [0.25, 0.3) is 11.6 Å². The number of nitro groups is 1. The van der Waals surface area contributed by atoms with E-state index in [4.69, 9.17) is 0 Å². The van der Waals surface area contributed by atoms with Crippen LogP contribution in [0.3, 0.4) is 0 Å². The number of hydrogen-bond donors (Lipinski definition) is 1. The van der Waals surface area contributed by atoms with Crippen LogP contribution in [0.2, 0.25) is 0 Å². The van der Waals surface area contributed by atoms with Crippen LogP contribution in [-0.4, -0.2) is 22.1 Å². The number of alkyl halides is 3. The van der Waals surface area contributed by atoms with Gasteiger partial charge in [0, 0.05) is 34.7 Å².